The third kappa shape index (κ3) is 5.31. The van der Waals surface area contributed by atoms with Crippen LogP contribution in [0.25, 0.3) is 22.4 Å². The fourth-order valence-corrected chi connectivity index (χ4v) is 3.88. The Bertz CT molecular complexity index is 1370. The fourth-order valence-electron chi connectivity index (χ4n) is 3.59. The highest BCUT2D eigenvalue weighted by Gasteiger charge is 2.10. The predicted molar refractivity (Wildman–Crippen MR) is 136 cm³/mol. The van der Waals surface area contributed by atoms with Gasteiger partial charge < -0.3 is 9.47 Å². The van der Waals surface area contributed by atoms with Crippen molar-refractivity contribution in [3.63, 3.8) is 0 Å². The van der Waals surface area contributed by atoms with Crippen molar-refractivity contribution in [2.75, 3.05) is 6.61 Å². The second kappa shape index (κ2) is 10.4. The highest BCUT2D eigenvalue weighted by Crippen LogP contribution is 2.32. The van der Waals surface area contributed by atoms with E-state index in [2.05, 4.69) is 30.3 Å². The quantitative estimate of drug-likeness (QED) is 0.200. The van der Waals surface area contributed by atoms with Crippen LogP contribution in [-0.2, 0) is 6.61 Å². The SMILES string of the molecule is CCOc1cc(/C=C(/C#N)c2ccc(Cl)c(Cl)c2)ccc1OCc1cccc2ccccc12. The van der Waals surface area contributed by atoms with Gasteiger partial charge in [-0.25, -0.2) is 0 Å². The Morgan fingerprint density at radius 2 is 1.70 bits per heavy atom. The lowest BCUT2D eigenvalue weighted by Gasteiger charge is -2.14. The Morgan fingerprint density at radius 1 is 0.879 bits per heavy atom. The van der Waals surface area contributed by atoms with Crippen LogP contribution in [0.15, 0.2) is 78.9 Å². The molecule has 0 fully saturated rings. The summed E-state index contributed by atoms with van der Waals surface area (Å²) < 4.78 is 12.0. The highest BCUT2D eigenvalue weighted by atomic mass is 35.5. The van der Waals surface area contributed by atoms with Gasteiger partial charge >= 0.3 is 0 Å². The molecule has 3 nitrogen and oxygen atoms in total. The van der Waals surface area contributed by atoms with Gasteiger partial charge in [0, 0.05) is 0 Å². The van der Waals surface area contributed by atoms with Crippen LogP contribution in [0.2, 0.25) is 10.0 Å². The van der Waals surface area contributed by atoms with E-state index in [-0.39, 0.29) is 0 Å². The third-order valence-electron chi connectivity index (χ3n) is 5.19. The lowest BCUT2D eigenvalue weighted by Crippen LogP contribution is -2.00. The topological polar surface area (TPSA) is 42.2 Å². The Hall–Kier alpha value is -3.45. The standard InChI is InChI=1S/C28H21Cl2NO2/c1-2-32-28-15-19(14-23(17-31)21-11-12-25(29)26(30)16-21)10-13-27(28)33-18-22-8-5-7-20-6-3-4-9-24(20)22/h3-16H,2,18H2,1H3/b23-14-. The highest BCUT2D eigenvalue weighted by molar-refractivity contribution is 6.42. The molecule has 4 aromatic carbocycles. The van der Waals surface area contributed by atoms with Crippen molar-refractivity contribution in [1.82, 2.24) is 0 Å². The maximum absolute atomic E-state index is 9.67. The van der Waals surface area contributed by atoms with Gasteiger partial charge in [-0.2, -0.15) is 5.26 Å². The fraction of sp³-hybridized carbons (Fsp3) is 0.107. The molecule has 0 unspecified atom stereocenters. The zero-order valence-electron chi connectivity index (χ0n) is 18.0. The van der Waals surface area contributed by atoms with Gasteiger partial charge in [0.05, 0.1) is 28.3 Å². The molecule has 33 heavy (non-hydrogen) atoms. The largest absolute Gasteiger partial charge is 0.490 e. The Morgan fingerprint density at radius 3 is 2.48 bits per heavy atom. The molecule has 4 rings (SSSR count). The molecule has 0 radical (unpaired) electrons. The lowest BCUT2D eigenvalue weighted by molar-refractivity contribution is 0.270. The van der Waals surface area contributed by atoms with Gasteiger partial charge in [0.25, 0.3) is 0 Å². The van der Waals surface area contributed by atoms with Crippen molar-refractivity contribution in [2.45, 2.75) is 13.5 Å². The summed E-state index contributed by atoms with van der Waals surface area (Å²) in [5, 5.41) is 12.9. The first-order valence-electron chi connectivity index (χ1n) is 10.5. The first-order valence-corrected chi connectivity index (χ1v) is 11.3. The molecular weight excluding hydrogens is 453 g/mol. The van der Waals surface area contributed by atoms with Gasteiger partial charge in [0.15, 0.2) is 11.5 Å². The summed E-state index contributed by atoms with van der Waals surface area (Å²) >= 11 is 12.1. The molecule has 0 spiro atoms. The number of fused-ring (bicyclic) bond motifs is 1. The summed E-state index contributed by atoms with van der Waals surface area (Å²) in [5.41, 5.74) is 3.09. The van der Waals surface area contributed by atoms with Gasteiger partial charge in [0.1, 0.15) is 6.61 Å². The lowest BCUT2D eigenvalue weighted by atomic mass is 10.0. The van der Waals surface area contributed by atoms with E-state index in [0.717, 1.165) is 16.5 Å². The molecule has 4 aromatic rings. The monoisotopic (exact) mass is 473 g/mol. The zero-order chi connectivity index (χ0) is 23.2. The van der Waals surface area contributed by atoms with Gasteiger partial charge in [0.2, 0.25) is 0 Å². The van der Waals surface area contributed by atoms with Crippen molar-refractivity contribution < 1.29 is 9.47 Å². The van der Waals surface area contributed by atoms with Crippen molar-refractivity contribution >= 4 is 45.6 Å². The molecule has 0 aromatic heterocycles. The summed E-state index contributed by atoms with van der Waals surface area (Å²) in [5.74, 6) is 1.27. The zero-order valence-corrected chi connectivity index (χ0v) is 19.5. The van der Waals surface area contributed by atoms with Crippen molar-refractivity contribution in [1.29, 1.82) is 5.26 Å². The summed E-state index contributed by atoms with van der Waals surface area (Å²) in [6.45, 7) is 2.84. The number of ether oxygens (including phenoxy) is 2. The number of hydrogen-bond acceptors (Lipinski definition) is 3. The minimum Gasteiger partial charge on any atom is -0.490 e. The van der Waals surface area contributed by atoms with E-state index >= 15 is 0 Å². The molecule has 0 atom stereocenters. The van der Waals surface area contributed by atoms with Gasteiger partial charge in [-0.3, -0.25) is 0 Å². The molecule has 0 aliphatic heterocycles. The minimum absolute atomic E-state index is 0.405. The number of halogens is 2. The number of rotatable bonds is 7. The van der Waals surface area contributed by atoms with E-state index in [4.69, 9.17) is 32.7 Å². The van der Waals surface area contributed by atoms with Crippen LogP contribution in [0.3, 0.4) is 0 Å². The van der Waals surface area contributed by atoms with Crippen molar-refractivity contribution in [3.8, 4) is 17.6 Å². The Kier molecular flexibility index (Phi) is 7.19. The smallest absolute Gasteiger partial charge is 0.161 e. The van der Waals surface area contributed by atoms with Crippen LogP contribution in [0, 0.1) is 11.3 Å². The van der Waals surface area contributed by atoms with E-state index in [1.807, 2.05) is 43.3 Å². The molecule has 0 amide bonds. The van der Waals surface area contributed by atoms with E-state index in [1.54, 1.807) is 24.3 Å². The van der Waals surface area contributed by atoms with Crippen LogP contribution in [0.5, 0.6) is 11.5 Å². The van der Waals surface area contributed by atoms with Crippen LogP contribution in [0.1, 0.15) is 23.6 Å². The predicted octanol–water partition coefficient (Wildman–Crippen LogP) is 8.19. The average molecular weight is 474 g/mol. The molecule has 0 N–H and O–H groups in total. The molecule has 0 aliphatic rings. The van der Waals surface area contributed by atoms with E-state index < -0.39 is 0 Å². The molecule has 0 aliphatic carbocycles. The van der Waals surface area contributed by atoms with Crippen LogP contribution >= 0.6 is 23.2 Å². The number of hydrogen-bond donors (Lipinski definition) is 0. The second-order valence-corrected chi connectivity index (χ2v) is 8.18. The average Bonchev–Trinajstić information content (AvgIpc) is 2.84. The molecule has 0 heterocycles. The van der Waals surface area contributed by atoms with Gasteiger partial charge in [-0.1, -0.05) is 77.8 Å². The first kappa shape index (κ1) is 22.7. The molecule has 164 valence electrons. The Labute approximate surface area is 203 Å². The van der Waals surface area contributed by atoms with Gasteiger partial charge in [-0.15, -0.1) is 0 Å². The van der Waals surface area contributed by atoms with E-state index in [1.165, 1.54) is 5.39 Å². The molecule has 0 bridgehead atoms. The normalized spacial score (nSPS) is 11.3. The summed E-state index contributed by atoms with van der Waals surface area (Å²) in [7, 11) is 0. The molecule has 0 saturated carbocycles. The summed E-state index contributed by atoms with van der Waals surface area (Å²) in [6.07, 6.45) is 1.79. The van der Waals surface area contributed by atoms with E-state index in [0.29, 0.717) is 45.9 Å². The van der Waals surface area contributed by atoms with Crippen LogP contribution in [0.4, 0.5) is 0 Å². The maximum Gasteiger partial charge on any atom is 0.161 e. The molecule has 5 heteroatoms. The number of allylic oxidation sites excluding steroid dienone is 1. The van der Waals surface area contributed by atoms with Crippen molar-refractivity contribution in [3.05, 3.63) is 106 Å². The number of nitrogens with zero attached hydrogens (tertiary/aromatic N) is 1. The second-order valence-electron chi connectivity index (χ2n) is 7.36. The van der Waals surface area contributed by atoms with E-state index in [9.17, 15) is 5.26 Å². The number of nitriles is 1. The van der Waals surface area contributed by atoms with Crippen LogP contribution < -0.4 is 9.47 Å². The molecular formula is C28H21Cl2NO2. The summed E-state index contributed by atoms with van der Waals surface area (Å²) in [4.78, 5) is 0. The van der Waals surface area contributed by atoms with Crippen molar-refractivity contribution in [2.24, 2.45) is 0 Å². The first-order chi connectivity index (χ1) is 16.1. The van der Waals surface area contributed by atoms with Crippen LogP contribution in [-0.4, -0.2) is 6.61 Å². The Balaban J connectivity index is 1.61. The minimum atomic E-state index is 0.405. The third-order valence-corrected chi connectivity index (χ3v) is 5.93. The van der Waals surface area contributed by atoms with Gasteiger partial charge in [-0.05, 0) is 64.7 Å². The summed E-state index contributed by atoms with van der Waals surface area (Å²) in [6, 6.07) is 27.4. The number of benzene rings is 4. The molecule has 0 saturated heterocycles. The maximum atomic E-state index is 9.67.